The van der Waals surface area contributed by atoms with Crippen molar-refractivity contribution in [2.45, 2.75) is 49.1 Å². The Morgan fingerprint density at radius 2 is 2.00 bits per heavy atom. The van der Waals surface area contributed by atoms with E-state index in [4.69, 9.17) is 10.2 Å². The monoisotopic (exact) mass is 418 g/mol. The molecule has 2 aromatic carbocycles. The summed E-state index contributed by atoms with van der Waals surface area (Å²) in [6, 6.07) is 16.3. The molecule has 0 bridgehead atoms. The summed E-state index contributed by atoms with van der Waals surface area (Å²) in [5.41, 5.74) is 1.67. The Kier molecular flexibility index (Phi) is 5.86. The molecule has 0 spiro atoms. The van der Waals surface area contributed by atoms with Crippen LogP contribution in [-0.4, -0.2) is 20.7 Å². The third-order valence-corrected chi connectivity index (χ3v) is 6.44. The smallest absolute Gasteiger partial charge is 0.262 e. The van der Waals surface area contributed by atoms with Gasteiger partial charge in [0.1, 0.15) is 0 Å². The SMILES string of the molecule is C[C@@H](Sc1nc2ccccc2c(=O)n1C1CCCC1)C(=O)Nc1cccc(C#N)c1. The molecule has 30 heavy (non-hydrogen) atoms. The van der Waals surface area contributed by atoms with E-state index in [2.05, 4.69) is 11.4 Å². The third-order valence-electron chi connectivity index (χ3n) is 5.38. The topological polar surface area (TPSA) is 87.8 Å². The summed E-state index contributed by atoms with van der Waals surface area (Å²) in [5.74, 6) is -0.199. The Balaban J connectivity index is 1.63. The number of carbonyl (C=O) groups excluding carboxylic acids is 1. The fourth-order valence-electron chi connectivity index (χ4n) is 3.82. The van der Waals surface area contributed by atoms with Crippen LogP contribution in [-0.2, 0) is 4.79 Å². The molecule has 1 heterocycles. The van der Waals surface area contributed by atoms with Gasteiger partial charge in [0.25, 0.3) is 5.56 Å². The largest absolute Gasteiger partial charge is 0.325 e. The van der Waals surface area contributed by atoms with Gasteiger partial charge in [0.2, 0.25) is 5.91 Å². The van der Waals surface area contributed by atoms with E-state index in [1.165, 1.54) is 11.8 Å². The normalized spacial score (nSPS) is 15.1. The molecule has 0 aliphatic heterocycles. The molecule has 1 aliphatic carbocycles. The van der Waals surface area contributed by atoms with Crippen LogP contribution < -0.4 is 10.9 Å². The number of carbonyl (C=O) groups is 1. The van der Waals surface area contributed by atoms with Gasteiger partial charge in [-0.05, 0) is 50.1 Å². The Labute approximate surface area is 178 Å². The molecule has 0 unspecified atom stereocenters. The highest BCUT2D eigenvalue weighted by Crippen LogP contribution is 2.33. The lowest BCUT2D eigenvalue weighted by Gasteiger charge is -2.20. The zero-order valence-electron chi connectivity index (χ0n) is 16.7. The molecule has 1 aromatic heterocycles. The van der Waals surface area contributed by atoms with Crippen LogP contribution in [0.5, 0.6) is 0 Å². The van der Waals surface area contributed by atoms with Crippen molar-refractivity contribution in [3.63, 3.8) is 0 Å². The lowest BCUT2D eigenvalue weighted by molar-refractivity contribution is -0.115. The van der Waals surface area contributed by atoms with Crippen LogP contribution in [0.2, 0.25) is 0 Å². The van der Waals surface area contributed by atoms with Crippen molar-refractivity contribution in [1.82, 2.24) is 9.55 Å². The fraction of sp³-hybridized carbons (Fsp3) is 0.304. The molecule has 3 aromatic rings. The van der Waals surface area contributed by atoms with E-state index in [1.54, 1.807) is 35.8 Å². The van der Waals surface area contributed by atoms with Crippen molar-refractivity contribution < 1.29 is 4.79 Å². The number of thioether (sulfide) groups is 1. The van der Waals surface area contributed by atoms with Gasteiger partial charge in [-0.3, -0.25) is 14.2 Å². The van der Waals surface area contributed by atoms with Crippen LogP contribution in [0.25, 0.3) is 10.9 Å². The summed E-state index contributed by atoms with van der Waals surface area (Å²) in [7, 11) is 0. The molecule has 6 nitrogen and oxygen atoms in total. The van der Waals surface area contributed by atoms with Crippen LogP contribution in [0.1, 0.15) is 44.2 Å². The maximum Gasteiger partial charge on any atom is 0.262 e. The van der Waals surface area contributed by atoms with Gasteiger partial charge in [0.15, 0.2) is 5.16 Å². The average Bonchev–Trinajstić information content (AvgIpc) is 3.28. The van der Waals surface area contributed by atoms with Gasteiger partial charge in [-0.15, -0.1) is 0 Å². The van der Waals surface area contributed by atoms with Crippen molar-refractivity contribution in [3.05, 3.63) is 64.4 Å². The van der Waals surface area contributed by atoms with Gasteiger partial charge in [-0.2, -0.15) is 5.26 Å². The number of nitriles is 1. The first-order valence-corrected chi connectivity index (χ1v) is 10.9. The van der Waals surface area contributed by atoms with Crippen LogP contribution in [0, 0.1) is 11.3 Å². The highest BCUT2D eigenvalue weighted by atomic mass is 32.2. The molecule has 0 saturated heterocycles. The predicted octanol–water partition coefficient (Wildman–Crippen LogP) is 4.50. The fourth-order valence-corrected chi connectivity index (χ4v) is 4.79. The van der Waals surface area contributed by atoms with Gasteiger partial charge in [-0.25, -0.2) is 4.98 Å². The Morgan fingerprint density at radius 3 is 2.77 bits per heavy atom. The molecule has 1 fully saturated rings. The second-order valence-electron chi connectivity index (χ2n) is 7.47. The molecular formula is C23H22N4O2S. The lowest BCUT2D eigenvalue weighted by Crippen LogP contribution is -2.29. The van der Waals surface area contributed by atoms with Crippen molar-refractivity contribution in [2.75, 3.05) is 5.32 Å². The molecule has 1 aliphatic rings. The number of rotatable bonds is 5. The van der Waals surface area contributed by atoms with Gasteiger partial charge < -0.3 is 5.32 Å². The average molecular weight is 419 g/mol. The molecular weight excluding hydrogens is 396 g/mol. The molecule has 1 saturated carbocycles. The number of aromatic nitrogens is 2. The van der Waals surface area contributed by atoms with Gasteiger partial charge in [0.05, 0.1) is 27.8 Å². The number of hydrogen-bond donors (Lipinski definition) is 1. The second-order valence-corrected chi connectivity index (χ2v) is 8.77. The minimum atomic E-state index is -0.462. The maximum atomic E-state index is 13.2. The van der Waals surface area contributed by atoms with E-state index in [0.717, 1.165) is 25.7 Å². The number of para-hydroxylation sites is 1. The van der Waals surface area contributed by atoms with Crippen LogP contribution >= 0.6 is 11.8 Å². The van der Waals surface area contributed by atoms with E-state index >= 15 is 0 Å². The molecule has 152 valence electrons. The molecule has 1 amide bonds. The Bertz CT molecular complexity index is 1190. The van der Waals surface area contributed by atoms with Crippen molar-refractivity contribution in [1.29, 1.82) is 5.26 Å². The standard InChI is InChI=1S/C23H22N4O2S/c1-15(21(28)25-17-8-6-7-16(13-17)14-24)30-23-26-20-12-5-4-11-19(20)22(29)27(23)18-9-2-3-10-18/h4-8,11-13,15,18H,2-3,9-10H2,1H3,(H,25,28)/t15-/m1/s1. The number of amides is 1. The predicted molar refractivity (Wildman–Crippen MR) is 119 cm³/mol. The number of fused-ring (bicyclic) bond motifs is 1. The minimum absolute atomic E-state index is 0.0377. The van der Waals surface area contributed by atoms with E-state index in [0.29, 0.717) is 27.3 Å². The Morgan fingerprint density at radius 1 is 1.23 bits per heavy atom. The van der Waals surface area contributed by atoms with Crippen LogP contribution in [0.4, 0.5) is 5.69 Å². The summed E-state index contributed by atoms with van der Waals surface area (Å²) in [5, 5.41) is 12.6. The Hall–Kier alpha value is -3.11. The first-order chi connectivity index (χ1) is 14.6. The minimum Gasteiger partial charge on any atom is -0.325 e. The lowest BCUT2D eigenvalue weighted by atomic mass is 10.2. The van der Waals surface area contributed by atoms with Crippen molar-refractivity contribution in [3.8, 4) is 6.07 Å². The number of nitrogens with zero attached hydrogens (tertiary/aromatic N) is 3. The zero-order valence-corrected chi connectivity index (χ0v) is 17.5. The first kappa shape index (κ1) is 20.2. The summed E-state index contributed by atoms with van der Waals surface area (Å²) >= 11 is 1.30. The van der Waals surface area contributed by atoms with Gasteiger partial charge in [0, 0.05) is 11.7 Å². The van der Waals surface area contributed by atoms with E-state index in [9.17, 15) is 9.59 Å². The zero-order chi connectivity index (χ0) is 21.1. The number of hydrogen-bond acceptors (Lipinski definition) is 5. The van der Waals surface area contributed by atoms with Crippen LogP contribution in [0.3, 0.4) is 0 Å². The quantitative estimate of drug-likeness (QED) is 0.487. The van der Waals surface area contributed by atoms with E-state index in [1.807, 2.05) is 24.3 Å². The van der Waals surface area contributed by atoms with E-state index in [-0.39, 0.29) is 17.5 Å². The summed E-state index contributed by atoms with van der Waals surface area (Å²) in [6.07, 6.45) is 4.10. The summed E-state index contributed by atoms with van der Waals surface area (Å²) in [4.78, 5) is 30.7. The van der Waals surface area contributed by atoms with Crippen molar-refractivity contribution >= 4 is 34.3 Å². The molecule has 1 atom stereocenters. The molecule has 4 rings (SSSR count). The van der Waals surface area contributed by atoms with Gasteiger partial charge in [-0.1, -0.05) is 42.8 Å². The molecule has 7 heteroatoms. The van der Waals surface area contributed by atoms with Gasteiger partial charge >= 0.3 is 0 Å². The third kappa shape index (κ3) is 4.10. The molecule has 0 radical (unpaired) electrons. The van der Waals surface area contributed by atoms with E-state index < -0.39 is 5.25 Å². The number of nitrogens with one attached hydrogen (secondary N) is 1. The summed E-state index contributed by atoms with van der Waals surface area (Å²) < 4.78 is 1.79. The highest BCUT2D eigenvalue weighted by molar-refractivity contribution is 8.00. The highest BCUT2D eigenvalue weighted by Gasteiger charge is 2.25. The first-order valence-electron chi connectivity index (χ1n) is 10.1. The maximum absolute atomic E-state index is 13.2. The number of anilines is 1. The summed E-state index contributed by atoms with van der Waals surface area (Å²) in [6.45, 7) is 1.80. The van der Waals surface area contributed by atoms with Crippen molar-refractivity contribution in [2.24, 2.45) is 0 Å². The molecule has 1 N–H and O–H groups in total. The second kappa shape index (κ2) is 8.72. The number of benzene rings is 2. The van der Waals surface area contributed by atoms with Crippen LogP contribution in [0.15, 0.2) is 58.5 Å².